The zero-order valence-corrected chi connectivity index (χ0v) is 12.7. The first-order chi connectivity index (χ1) is 9.16. The molecule has 0 spiro atoms. The number of carbonyl (C=O) groups excluding carboxylic acids is 1. The number of aryl methyl sites for hydroxylation is 1. The van der Waals surface area contributed by atoms with Crippen LogP contribution in [0.4, 0.5) is 0 Å². The Kier molecular flexibility index (Phi) is 4.92. The summed E-state index contributed by atoms with van der Waals surface area (Å²) in [5.74, 6) is -0.999. The van der Waals surface area contributed by atoms with Gasteiger partial charge < -0.3 is 10.4 Å². The summed E-state index contributed by atoms with van der Waals surface area (Å²) in [7, 11) is 0. The molecule has 1 aromatic heterocycles. The molecule has 6 heteroatoms. The SMILES string of the molecule is CCn1nc(C(C)C)cc1C(=O)NC(C)(C)CC(=O)O. The molecular weight excluding hydrogens is 258 g/mol. The molecule has 2 N–H and O–H groups in total. The molecule has 0 unspecified atom stereocenters. The number of nitrogens with one attached hydrogen (secondary N) is 1. The number of hydrogen-bond donors (Lipinski definition) is 2. The van der Waals surface area contributed by atoms with Gasteiger partial charge in [0.1, 0.15) is 5.69 Å². The van der Waals surface area contributed by atoms with Crippen molar-refractivity contribution in [1.29, 1.82) is 0 Å². The summed E-state index contributed by atoms with van der Waals surface area (Å²) in [4.78, 5) is 23.1. The van der Waals surface area contributed by atoms with Crippen LogP contribution in [0.5, 0.6) is 0 Å². The molecule has 1 aromatic rings. The van der Waals surface area contributed by atoms with E-state index in [1.54, 1.807) is 24.6 Å². The van der Waals surface area contributed by atoms with Gasteiger partial charge >= 0.3 is 5.97 Å². The standard InChI is InChI=1S/C14H23N3O3/c1-6-17-11(7-10(16-17)9(2)3)13(20)15-14(4,5)8-12(18)19/h7,9H,6,8H2,1-5H3,(H,15,20)(H,18,19). The highest BCUT2D eigenvalue weighted by Gasteiger charge is 2.26. The number of aliphatic carboxylic acids is 1. The highest BCUT2D eigenvalue weighted by Crippen LogP contribution is 2.16. The van der Waals surface area contributed by atoms with Gasteiger partial charge in [0.25, 0.3) is 5.91 Å². The van der Waals surface area contributed by atoms with E-state index in [0.717, 1.165) is 5.69 Å². The molecule has 6 nitrogen and oxygen atoms in total. The van der Waals surface area contributed by atoms with Crippen LogP contribution in [0, 0.1) is 0 Å². The van der Waals surface area contributed by atoms with E-state index in [9.17, 15) is 9.59 Å². The molecule has 0 radical (unpaired) electrons. The molecule has 0 atom stereocenters. The van der Waals surface area contributed by atoms with Gasteiger partial charge in [0.2, 0.25) is 0 Å². The quantitative estimate of drug-likeness (QED) is 0.835. The number of carbonyl (C=O) groups is 2. The van der Waals surface area contributed by atoms with Crippen molar-refractivity contribution in [2.75, 3.05) is 0 Å². The van der Waals surface area contributed by atoms with Gasteiger partial charge in [-0.05, 0) is 32.8 Å². The summed E-state index contributed by atoms with van der Waals surface area (Å²) < 4.78 is 1.64. The van der Waals surface area contributed by atoms with Crippen LogP contribution in [0.25, 0.3) is 0 Å². The predicted molar refractivity (Wildman–Crippen MR) is 75.8 cm³/mol. The van der Waals surface area contributed by atoms with Gasteiger partial charge in [-0.1, -0.05) is 13.8 Å². The van der Waals surface area contributed by atoms with Gasteiger partial charge in [-0.2, -0.15) is 5.10 Å². The monoisotopic (exact) mass is 281 g/mol. The summed E-state index contributed by atoms with van der Waals surface area (Å²) >= 11 is 0. The highest BCUT2D eigenvalue weighted by molar-refractivity contribution is 5.93. The number of amides is 1. The van der Waals surface area contributed by atoms with Crippen molar-refractivity contribution in [3.63, 3.8) is 0 Å². The molecule has 20 heavy (non-hydrogen) atoms. The van der Waals surface area contributed by atoms with Crippen LogP contribution in [-0.2, 0) is 11.3 Å². The van der Waals surface area contributed by atoms with Gasteiger partial charge in [-0.3, -0.25) is 14.3 Å². The van der Waals surface area contributed by atoms with Gasteiger partial charge in [0, 0.05) is 12.1 Å². The molecule has 0 saturated carbocycles. The zero-order chi connectivity index (χ0) is 15.5. The number of hydrogen-bond acceptors (Lipinski definition) is 3. The van der Waals surface area contributed by atoms with Crippen LogP contribution in [0.3, 0.4) is 0 Å². The summed E-state index contributed by atoms with van der Waals surface area (Å²) in [6.45, 7) is 9.91. The Hall–Kier alpha value is -1.85. The molecule has 1 amide bonds. The van der Waals surface area contributed by atoms with Crippen molar-refractivity contribution in [3.05, 3.63) is 17.5 Å². The molecule has 0 bridgehead atoms. The number of rotatable bonds is 6. The van der Waals surface area contributed by atoms with Crippen molar-refractivity contribution >= 4 is 11.9 Å². The minimum atomic E-state index is -0.942. The second-order valence-corrected chi connectivity index (χ2v) is 5.83. The van der Waals surface area contributed by atoms with E-state index in [1.807, 2.05) is 20.8 Å². The summed E-state index contributed by atoms with van der Waals surface area (Å²) in [5, 5.41) is 16.0. The van der Waals surface area contributed by atoms with E-state index >= 15 is 0 Å². The van der Waals surface area contributed by atoms with Gasteiger partial charge in [0.15, 0.2) is 0 Å². The summed E-state index contributed by atoms with van der Waals surface area (Å²) in [6.07, 6.45) is -0.129. The molecule has 112 valence electrons. The van der Waals surface area contributed by atoms with Crippen molar-refractivity contribution in [1.82, 2.24) is 15.1 Å². The Morgan fingerprint density at radius 3 is 2.50 bits per heavy atom. The first-order valence-corrected chi connectivity index (χ1v) is 6.78. The first kappa shape index (κ1) is 16.2. The van der Waals surface area contributed by atoms with Crippen molar-refractivity contribution in [2.45, 2.75) is 59.0 Å². The van der Waals surface area contributed by atoms with E-state index in [2.05, 4.69) is 10.4 Å². The Morgan fingerprint density at radius 2 is 2.05 bits per heavy atom. The highest BCUT2D eigenvalue weighted by atomic mass is 16.4. The van der Waals surface area contributed by atoms with Crippen LogP contribution in [0.15, 0.2) is 6.07 Å². The molecule has 0 saturated heterocycles. The molecule has 1 heterocycles. The van der Waals surface area contributed by atoms with Crippen molar-refractivity contribution in [2.24, 2.45) is 0 Å². The fraction of sp³-hybridized carbons (Fsp3) is 0.643. The third-order valence-corrected chi connectivity index (χ3v) is 2.97. The maximum atomic E-state index is 12.3. The molecule has 0 aliphatic rings. The number of carboxylic acids is 1. The predicted octanol–water partition coefficient (Wildman–Crippen LogP) is 2.01. The number of aromatic nitrogens is 2. The first-order valence-electron chi connectivity index (χ1n) is 6.78. The largest absolute Gasteiger partial charge is 0.481 e. The average Bonchev–Trinajstić information content (AvgIpc) is 2.70. The van der Waals surface area contributed by atoms with E-state index in [0.29, 0.717) is 12.2 Å². The lowest BCUT2D eigenvalue weighted by Crippen LogP contribution is -2.45. The number of carboxylic acid groups (broad SMARTS) is 1. The molecule has 0 aliphatic heterocycles. The Balaban J connectivity index is 2.94. The lowest BCUT2D eigenvalue weighted by atomic mass is 10.0. The maximum absolute atomic E-state index is 12.3. The molecule has 0 fully saturated rings. The van der Waals surface area contributed by atoms with Crippen LogP contribution < -0.4 is 5.32 Å². The second kappa shape index (κ2) is 6.07. The Labute approximate surface area is 119 Å². The molecule has 0 aromatic carbocycles. The van der Waals surface area contributed by atoms with E-state index in [-0.39, 0.29) is 18.2 Å². The van der Waals surface area contributed by atoms with Crippen LogP contribution >= 0.6 is 0 Å². The van der Waals surface area contributed by atoms with Gasteiger partial charge in [-0.25, -0.2) is 0 Å². The fourth-order valence-electron chi connectivity index (χ4n) is 1.94. The minimum Gasteiger partial charge on any atom is -0.481 e. The van der Waals surface area contributed by atoms with Crippen molar-refractivity contribution < 1.29 is 14.7 Å². The molecule has 0 aliphatic carbocycles. The third-order valence-electron chi connectivity index (χ3n) is 2.97. The third kappa shape index (κ3) is 4.08. The Morgan fingerprint density at radius 1 is 1.45 bits per heavy atom. The van der Waals surface area contributed by atoms with Crippen LogP contribution in [0.2, 0.25) is 0 Å². The zero-order valence-electron chi connectivity index (χ0n) is 12.7. The topological polar surface area (TPSA) is 84.2 Å². The summed E-state index contributed by atoms with van der Waals surface area (Å²) in [5.41, 5.74) is 0.520. The smallest absolute Gasteiger partial charge is 0.305 e. The average molecular weight is 281 g/mol. The molecular formula is C14H23N3O3. The lowest BCUT2D eigenvalue weighted by molar-refractivity contribution is -0.138. The van der Waals surface area contributed by atoms with Gasteiger partial charge in [0.05, 0.1) is 12.1 Å². The maximum Gasteiger partial charge on any atom is 0.305 e. The molecule has 1 rings (SSSR count). The van der Waals surface area contributed by atoms with Crippen molar-refractivity contribution in [3.8, 4) is 0 Å². The van der Waals surface area contributed by atoms with Crippen LogP contribution in [-0.4, -0.2) is 32.3 Å². The second-order valence-electron chi connectivity index (χ2n) is 5.83. The van der Waals surface area contributed by atoms with E-state index in [1.165, 1.54) is 0 Å². The number of nitrogens with zero attached hydrogens (tertiary/aromatic N) is 2. The minimum absolute atomic E-state index is 0.129. The van der Waals surface area contributed by atoms with Crippen LogP contribution in [0.1, 0.15) is 63.1 Å². The fourth-order valence-corrected chi connectivity index (χ4v) is 1.94. The van der Waals surface area contributed by atoms with Gasteiger partial charge in [-0.15, -0.1) is 0 Å². The summed E-state index contributed by atoms with van der Waals surface area (Å²) in [6, 6.07) is 1.76. The Bertz CT molecular complexity index is 504. The van der Waals surface area contributed by atoms with E-state index < -0.39 is 11.5 Å². The van der Waals surface area contributed by atoms with E-state index in [4.69, 9.17) is 5.11 Å². The normalized spacial score (nSPS) is 11.7. The lowest BCUT2D eigenvalue weighted by Gasteiger charge is -2.24.